The minimum absolute atomic E-state index is 0. The maximum absolute atomic E-state index is 12.7. The second kappa shape index (κ2) is 29.9. The Labute approximate surface area is 294 Å². The predicted octanol–water partition coefficient (Wildman–Crippen LogP) is 5.33. The van der Waals surface area contributed by atoms with E-state index >= 15 is 0 Å². The van der Waals surface area contributed by atoms with Crippen LogP contribution in [0.4, 0.5) is 9.59 Å². The SMILES string of the molecule is CCCCCCCCCCCCCCCCCCNC(=O)OCC(COC(=O)N(Cc1scc[n+]1CCCC)C(C)=O)OC.[I-]. The van der Waals surface area contributed by atoms with Gasteiger partial charge in [0.05, 0.1) is 5.38 Å². The molecule has 0 aliphatic carbocycles. The monoisotopic (exact) mass is 767 g/mol. The van der Waals surface area contributed by atoms with Gasteiger partial charge in [-0.3, -0.25) is 4.79 Å². The third-order valence-electron chi connectivity index (χ3n) is 7.84. The molecule has 0 aliphatic rings. The van der Waals surface area contributed by atoms with Gasteiger partial charge >= 0.3 is 12.2 Å². The molecule has 1 aromatic rings. The molecule has 0 aromatic carbocycles. The smallest absolute Gasteiger partial charge is 0.417 e. The average molecular weight is 768 g/mol. The molecule has 0 spiro atoms. The molecule has 11 heteroatoms. The molecule has 45 heavy (non-hydrogen) atoms. The Morgan fingerprint density at radius 1 is 0.800 bits per heavy atom. The highest BCUT2D eigenvalue weighted by Gasteiger charge is 2.26. The van der Waals surface area contributed by atoms with Crippen LogP contribution in [-0.2, 0) is 32.1 Å². The van der Waals surface area contributed by atoms with Gasteiger partial charge in [-0.25, -0.2) is 14.5 Å². The zero-order chi connectivity index (χ0) is 32.3. The number of nitrogens with one attached hydrogen (secondary N) is 1. The van der Waals surface area contributed by atoms with Crippen LogP contribution < -0.4 is 33.9 Å². The molecule has 1 N–H and O–H groups in total. The number of unbranched alkanes of at least 4 members (excludes halogenated alkanes) is 16. The van der Waals surface area contributed by atoms with Gasteiger partial charge in [0.15, 0.2) is 6.20 Å². The number of nitrogens with zero attached hydrogens (tertiary/aromatic N) is 2. The second-order valence-electron chi connectivity index (χ2n) is 11.7. The fourth-order valence-corrected chi connectivity index (χ4v) is 5.79. The largest absolute Gasteiger partial charge is 1.00 e. The minimum atomic E-state index is -0.747. The molecular formula is C34H62IN3O6S. The molecule has 1 atom stereocenters. The standard InChI is InChI=1S/C34H61N3O6S.HI/c1-5-7-9-10-11-12-13-14-15-16-17-18-19-20-21-22-23-35-33(39)42-28-31(41-4)29-43-34(40)37(30(3)38)27-32-36(24-8-6-2)25-26-44-32;/h25-26,31H,5-24,27-29H2,1-4H3;1H. The van der Waals surface area contributed by atoms with Gasteiger partial charge in [-0.15, -0.1) is 0 Å². The summed E-state index contributed by atoms with van der Waals surface area (Å²) in [5.74, 6) is -0.399. The van der Waals surface area contributed by atoms with Crippen LogP contribution in [0.15, 0.2) is 11.6 Å². The number of imide groups is 1. The number of aromatic nitrogens is 1. The van der Waals surface area contributed by atoms with Gasteiger partial charge < -0.3 is 43.5 Å². The number of methoxy groups -OCH3 is 1. The van der Waals surface area contributed by atoms with Gasteiger partial charge in [-0.05, 0) is 6.42 Å². The van der Waals surface area contributed by atoms with Crippen molar-refractivity contribution in [2.75, 3.05) is 26.9 Å². The van der Waals surface area contributed by atoms with Crippen molar-refractivity contribution in [2.45, 2.75) is 156 Å². The van der Waals surface area contributed by atoms with Gasteiger partial charge in [0.25, 0.3) is 5.01 Å². The van der Waals surface area contributed by atoms with Crippen molar-refractivity contribution < 1.29 is 57.1 Å². The highest BCUT2D eigenvalue weighted by atomic mass is 127. The zero-order valence-electron chi connectivity index (χ0n) is 28.6. The van der Waals surface area contributed by atoms with Crippen LogP contribution in [0.25, 0.3) is 0 Å². The number of amides is 3. The lowest BCUT2D eigenvalue weighted by Crippen LogP contribution is -3.00. The minimum Gasteiger partial charge on any atom is -1.00 e. The number of halogens is 1. The molecule has 0 saturated carbocycles. The summed E-state index contributed by atoms with van der Waals surface area (Å²) in [4.78, 5) is 38.0. The number of rotatable bonds is 27. The zero-order valence-corrected chi connectivity index (χ0v) is 31.6. The topological polar surface area (TPSA) is 98.0 Å². The molecule has 0 bridgehead atoms. The number of hydrogen-bond acceptors (Lipinski definition) is 7. The first-order valence-corrected chi connectivity index (χ1v) is 18.1. The maximum atomic E-state index is 12.7. The van der Waals surface area contributed by atoms with Crippen molar-refractivity contribution >= 4 is 29.4 Å². The number of thiazole rings is 1. The van der Waals surface area contributed by atoms with Gasteiger partial charge in [0, 0.05) is 27.0 Å². The lowest BCUT2D eigenvalue weighted by atomic mass is 10.0. The summed E-state index contributed by atoms with van der Waals surface area (Å²) in [7, 11) is 1.46. The Bertz CT molecular complexity index is 888. The van der Waals surface area contributed by atoms with Crippen molar-refractivity contribution in [2.24, 2.45) is 0 Å². The number of aryl methyl sites for hydroxylation is 1. The first kappa shape index (κ1) is 43.5. The van der Waals surface area contributed by atoms with Gasteiger partial charge in [0.1, 0.15) is 32.4 Å². The number of carbonyl (C=O) groups excluding carboxylic acids is 3. The number of hydrogen-bond donors (Lipinski definition) is 1. The highest BCUT2D eigenvalue weighted by Crippen LogP contribution is 2.14. The van der Waals surface area contributed by atoms with Crippen molar-refractivity contribution in [1.29, 1.82) is 0 Å². The van der Waals surface area contributed by atoms with Crippen molar-refractivity contribution in [3.8, 4) is 0 Å². The van der Waals surface area contributed by atoms with Crippen LogP contribution in [0, 0.1) is 0 Å². The third kappa shape index (κ3) is 22.7. The maximum Gasteiger partial charge on any atom is 0.417 e. The summed E-state index contributed by atoms with van der Waals surface area (Å²) in [6.07, 6.45) is 23.1. The summed E-state index contributed by atoms with van der Waals surface area (Å²) < 4.78 is 18.0. The first-order valence-electron chi connectivity index (χ1n) is 17.3. The van der Waals surface area contributed by atoms with Crippen LogP contribution in [0.1, 0.15) is 141 Å². The Balaban J connectivity index is 0.0000194. The molecule has 9 nitrogen and oxygen atoms in total. The molecule has 3 amide bonds. The van der Waals surface area contributed by atoms with E-state index in [0.29, 0.717) is 6.54 Å². The molecule has 0 saturated heterocycles. The van der Waals surface area contributed by atoms with Crippen LogP contribution >= 0.6 is 11.3 Å². The summed E-state index contributed by atoms with van der Waals surface area (Å²) in [5, 5.41) is 5.62. The third-order valence-corrected chi connectivity index (χ3v) is 8.73. The molecule has 1 aromatic heterocycles. The number of carbonyl (C=O) groups is 3. The predicted molar refractivity (Wildman–Crippen MR) is 177 cm³/mol. The van der Waals surface area contributed by atoms with Crippen LogP contribution in [0.5, 0.6) is 0 Å². The van der Waals surface area contributed by atoms with Crippen LogP contribution in [-0.4, -0.2) is 56.0 Å². The Morgan fingerprint density at radius 3 is 1.82 bits per heavy atom. The molecular weight excluding hydrogens is 705 g/mol. The van der Waals surface area contributed by atoms with Crippen LogP contribution in [0.2, 0.25) is 0 Å². The summed E-state index contributed by atoms with van der Waals surface area (Å²) in [6, 6.07) is 0. The fourth-order valence-electron chi connectivity index (χ4n) is 4.94. The Hall–Kier alpha value is -1.47. The van der Waals surface area contributed by atoms with Crippen molar-refractivity contribution in [1.82, 2.24) is 10.2 Å². The van der Waals surface area contributed by atoms with E-state index in [2.05, 4.69) is 23.7 Å². The van der Waals surface area contributed by atoms with Gasteiger partial charge in [-0.2, -0.15) is 4.57 Å². The molecule has 1 rings (SSSR count). The Morgan fingerprint density at radius 2 is 1.31 bits per heavy atom. The average Bonchev–Trinajstić information content (AvgIpc) is 3.46. The van der Waals surface area contributed by atoms with E-state index in [0.717, 1.165) is 42.1 Å². The van der Waals surface area contributed by atoms with Crippen molar-refractivity contribution in [3.05, 3.63) is 16.6 Å². The summed E-state index contributed by atoms with van der Waals surface area (Å²) in [6.45, 7) is 7.08. The first-order chi connectivity index (χ1) is 21.4. The van der Waals surface area contributed by atoms with E-state index in [1.54, 1.807) is 0 Å². The van der Waals surface area contributed by atoms with E-state index in [-0.39, 0.29) is 43.7 Å². The molecule has 0 fully saturated rings. The summed E-state index contributed by atoms with van der Waals surface area (Å²) in [5.41, 5.74) is 0. The number of alkyl carbamates (subject to hydrolysis) is 1. The van der Waals surface area contributed by atoms with E-state index in [4.69, 9.17) is 14.2 Å². The molecule has 1 unspecified atom stereocenters. The van der Waals surface area contributed by atoms with Gasteiger partial charge in [-0.1, -0.05) is 128 Å². The lowest BCUT2D eigenvalue weighted by Gasteiger charge is -2.20. The summed E-state index contributed by atoms with van der Waals surface area (Å²) >= 11 is 1.49. The van der Waals surface area contributed by atoms with E-state index in [9.17, 15) is 14.4 Å². The molecule has 1 heterocycles. The number of ether oxygens (including phenoxy) is 3. The normalized spacial score (nSPS) is 11.5. The quantitative estimate of drug-likeness (QED) is 0.0740. The Kier molecular flexibility index (Phi) is 28.9. The lowest BCUT2D eigenvalue weighted by molar-refractivity contribution is -0.700. The highest BCUT2D eigenvalue weighted by molar-refractivity contribution is 7.09. The van der Waals surface area contributed by atoms with E-state index in [1.165, 1.54) is 115 Å². The van der Waals surface area contributed by atoms with Crippen molar-refractivity contribution in [3.63, 3.8) is 0 Å². The molecule has 0 aliphatic heterocycles. The van der Waals surface area contributed by atoms with E-state index in [1.807, 2.05) is 11.6 Å². The fraction of sp³-hybridized carbons (Fsp3) is 0.824. The van der Waals surface area contributed by atoms with Crippen LogP contribution in [0.3, 0.4) is 0 Å². The molecule has 0 radical (unpaired) electrons. The van der Waals surface area contributed by atoms with E-state index < -0.39 is 24.2 Å². The molecule has 262 valence electrons. The second-order valence-corrected chi connectivity index (χ2v) is 12.7. The van der Waals surface area contributed by atoms with Gasteiger partial charge in [0.2, 0.25) is 5.91 Å².